The number of fused-ring (bicyclic) bond motifs is 1. The first-order valence-electron chi connectivity index (χ1n) is 8.80. The second kappa shape index (κ2) is 8.29. The first-order valence-corrected chi connectivity index (χ1v) is 8.80. The molecular formula is C20H23N5O. The van der Waals surface area contributed by atoms with Crippen molar-refractivity contribution < 1.29 is 4.79 Å². The largest absolute Gasteiger partial charge is 0.370 e. The van der Waals surface area contributed by atoms with Gasteiger partial charge in [0, 0.05) is 24.0 Å². The van der Waals surface area contributed by atoms with Gasteiger partial charge in [0.25, 0.3) is 0 Å². The molecule has 6 heteroatoms. The van der Waals surface area contributed by atoms with Crippen molar-refractivity contribution in [1.82, 2.24) is 9.97 Å². The summed E-state index contributed by atoms with van der Waals surface area (Å²) in [5.41, 5.74) is 1.51. The standard InChI is InChI=1S/C20H23N5O/c1-3-4-11-21-18-12-14(2)22-19(24-18)25-20(26)23-17-10-9-15-7-5-6-8-16(15)13-17/h5-10,12-13H,3-4,11H2,1-2H3,(H3,21,22,23,24,25,26). The van der Waals surface area contributed by atoms with Crippen LogP contribution in [-0.2, 0) is 0 Å². The molecule has 6 nitrogen and oxygen atoms in total. The number of anilines is 3. The molecular weight excluding hydrogens is 326 g/mol. The van der Waals surface area contributed by atoms with Gasteiger partial charge in [-0.05, 0) is 36.2 Å². The molecule has 134 valence electrons. The highest BCUT2D eigenvalue weighted by atomic mass is 16.2. The molecule has 0 saturated carbocycles. The molecule has 0 unspecified atom stereocenters. The van der Waals surface area contributed by atoms with Crippen LogP contribution in [0.2, 0.25) is 0 Å². The second-order valence-corrected chi connectivity index (χ2v) is 6.14. The van der Waals surface area contributed by atoms with Crippen molar-refractivity contribution in [2.45, 2.75) is 26.7 Å². The Kier molecular flexibility index (Phi) is 5.63. The van der Waals surface area contributed by atoms with Gasteiger partial charge in [-0.15, -0.1) is 0 Å². The number of nitrogens with one attached hydrogen (secondary N) is 3. The number of benzene rings is 2. The van der Waals surface area contributed by atoms with E-state index in [4.69, 9.17) is 0 Å². The third kappa shape index (κ3) is 4.69. The first kappa shape index (κ1) is 17.7. The fourth-order valence-electron chi connectivity index (χ4n) is 2.64. The van der Waals surface area contributed by atoms with E-state index in [0.29, 0.717) is 5.82 Å². The summed E-state index contributed by atoms with van der Waals surface area (Å²) in [6.07, 6.45) is 2.17. The lowest BCUT2D eigenvalue weighted by Gasteiger charge is -2.10. The Balaban J connectivity index is 1.66. The predicted molar refractivity (Wildman–Crippen MR) is 107 cm³/mol. The van der Waals surface area contributed by atoms with Crippen LogP contribution in [-0.4, -0.2) is 22.5 Å². The Morgan fingerprint density at radius 3 is 2.62 bits per heavy atom. The molecule has 0 bridgehead atoms. The monoisotopic (exact) mass is 349 g/mol. The van der Waals surface area contributed by atoms with E-state index in [1.165, 1.54) is 0 Å². The molecule has 0 aliphatic rings. The molecule has 0 aliphatic carbocycles. The van der Waals surface area contributed by atoms with Crippen molar-refractivity contribution in [2.24, 2.45) is 0 Å². The normalized spacial score (nSPS) is 10.5. The van der Waals surface area contributed by atoms with Crippen molar-refractivity contribution in [1.29, 1.82) is 0 Å². The highest BCUT2D eigenvalue weighted by Crippen LogP contribution is 2.19. The van der Waals surface area contributed by atoms with Gasteiger partial charge in [-0.25, -0.2) is 9.78 Å². The zero-order valence-electron chi connectivity index (χ0n) is 15.0. The van der Waals surface area contributed by atoms with Crippen LogP contribution in [0.4, 0.5) is 22.2 Å². The second-order valence-electron chi connectivity index (χ2n) is 6.14. The van der Waals surface area contributed by atoms with Gasteiger partial charge >= 0.3 is 6.03 Å². The first-order chi connectivity index (χ1) is 12.6. The molecule has 0 saturated heterocycles. The number of aryl methyl sites for hydroxylation is 1. The number of nitrogens with zero attached hydrogens (tertiary/aromatic N) is 2. The number of rotatable bonds is 6. The molecule has 0 atom stereocenters. The van der Waals surface area contributed by atoms with Gasteiger partial charge < -0.3 is 10.6 Å². The zero-order chi connectivity index (χ0) is 18.4. The van der Waals surface area contributed by atoms with Crippen molar-refractivity contribution >= 4 is 34.3 Å². The van der Waals surface area contributed by atoms with E-state index in [-0.39, 0.29) is 12.0 Å². The smallest absolute Gasteiger partial charge is 0.326 e. The van der Waals surface area contributed by atoms with Crippen LogP contribution in [0, 0.1) is 6.92 Å². The average Bonchev–Trinajstić information content (AvgIpc) is 2.61. The van der Waals surface area contributed by atoms with Gasteiger partial charge in [-0.2, -0.15) is 4.98 Å². The number of amides is 2. The summed E-state index contributed by atoms with van der Waals surface area (Å²) in [6.45, 7) is 4.85. The third-order valence-corrected chi connectivity index (χ3v) is 3.92. The van der Waals surface area contributed by atoms with Gasteiger partial charge in [0.15, 0.2) is 0 Å². The number of carbonyl (C=O) groups is 1. The highest BCUT2D eigenvalue weighted by molar-refractivity contribution is 6.00. The molecule has 3 rings (SSSR count). The molecule has 0 aliphatic heterocycles. The molecule has 0 radical (unpaired) electrons. The molecule has 3 aromatic rings. The van der Waals surface area contributed by atoms with Crippen LogP contribution in [0.15, 0.2) is 48.5 Å². The topological polar surface area (TPSA) is 78.9 Å². The molecule has 0 fully saturated rings. The SMILES string of the molecule is CCCCNc1cc(C)nc(NC(=O)Nc2ccc3ccccc3c2)n1. The van der Waals surface area contributed by atoms with Crippen LogP contribution in [0.25, 0.3) is 10.8 Å². The Bertz CT molecular complexity index is 910. The average molecular weight is 349 g/mol. The number of hydrogen-bond acceptors (Lipinski definition) is 4. The molecule has 26 heavy (non-hydrogen) atoms. The van der Waals surface area contributed by atoms with Crippen molar-refractivity contribution in [3.8, 4) is 0 Å². The molecule has 3 N–H and O–H groups in total. The van der Waals surface area contributed by atoms with Gasteiger partial charge in [0.1, 0.15) is 5.82 Å². The Hall–Kier alpha value is -3.15. The van der Waals surface area contributed by atoms with Crippen LogP contribution in [0.1, 0.15) is 25.5 Å². The lowest BCUT2D eigenvalue weighted by atomic mass is 10.1. The highest BCUT2D eigenvalue weighted by Gasteiger charge is 2.07. The minimum absolute atomic E-state index is 0.280. The van der Waals surface area contributed by atoms with Gasteiger partial charge in [0.2, 0.25) is 5.95 Å². The van der Waals surface area contributed by atoms with Gasteiger partial charge in [-0.3, -0.25) is 5.32 Å². The van der Waals surface area contributed by atoms with Crippen molar-refractivity contribution in [3.05, 3.63) is 54.2 Å². The van der Waals surface area contributed by atoms with E-state index in [2.05, 4.69) is 32.8 Å². The fourth-order valence-corrected chi connectivity index (χ4v) is 2.64. The maximum absolute atomic E-state index is 12.3. The van der Waals surface area contributed by atoms with E-state index < -0.39 is 0 Å². The van der Waals surface area contributed by atoms with E-state index in [0.717, 1.165) is 41.5 Å². The van der Waals surface area contributed by atoms with Gasteiger partial charge in [0.05, 0.1) is 0 Å². The van der Waals surface area contributed by atoms with E-state index in [1.54, 1.807) is 0 Å². The van der Waals surface area contributed by atoms with Crippen LogP contribution in [0.5, 0.6) is 0 Å². The van der Waals surface area contributed by atoms with E-state index in [1.807, 2.05) is 55.5 Å². The maximum Gasteiger partial charge on any atom is 0.326 e. The summed E-state index contributed by atoms with van der Waals surface area (Å²) >= 11 is 0. The Morgan fingerprint density at radius 2 is 1.81 bits per heavy atom. The molecule has 1 heterocycles. The number of unbranched alkanes of at least 4 members (excludes halogenated alkanes) is 1. The lowest BCUT2D eigenvalue weighted by molar-refractivity contribution is 0.262. The Labute approximate surface area is 153 Å². The molecule has 2 aromatic carbocycles. The maximum atomic E-state index is 12.3. The summed E-state index contributed by atoms with van der Waals surface area (Å²) in [7, 11) is 0. The van der Waals surface area contributed by atoms with Crippen LogP contribution in [0.3, 0.4) is 0 Å². The number of carbonyl (C=O) groups excluding carboxylic acids is 1. The summed E-state index contributed by atoms with van der Waals surface area (Å²) in [6, 6.07) is 15.3. The van der Waals surface area contributed by atoms with Crippen LogP contribution >= 0.6 is 0 Å². The summed E-state index contributed by atoms with van der Waals surface area (Å²) in [4.78, 5) is 20.9. The predicted octanol–water partition coefficient (Wildman–Crippen LogP) is 4.79. The number of urea groups is 1. The Morgan fingerprint density at radius 1 is 1.00 bits per heavy atom. The zero-order valence-corrected chi connectivity index (χ0v) is 15.0. The van der Waals surface area contributed by atoms with Crippen LogP contribution < -0.4 is 16.0 Å². The fraction of sp³-hybridized carbons (Fsp3) is 0.250. The summed E-state index contributed by atoms with van der Waals surface area (Å²) < 4.78 is 0. The number of aromatic nitrogens is 2. The lowest BCUT2D eigenvalue weighted by Crippen LogP contribution is -2.21. The van der Waals surface area contributed by atoms with Crippen molar-refractivity contribution in [2.75, 3.05) is 22.5 Å². The quantitative estimate of drug-likeness (QED) is 0.559. The molecule has 1 aromatic heterocycles. The number of hydrogen-bond donors (Lipinski definition) is 3. The third-order valence-electron chi connectivity index (χ3n) is 3.92. The van der Waals surface area contributed by atoms with Gasteiger partial charge in [-0.1, -0.05) is 43.7 Å². The molecule has 2 amide bonds. The van der Waals surface area contributed by atoms with E-state index in [9.17, 15) is 4.79 Å². The van der Waals surface area contributed by atoms with Crippen molar-refractivity contribution in [3.63, 3.8) is 0 Å². The minimum atomic E-state index is -0.370. The van der Waals surface area contributed by atoms with E-state index >= 15 is 0 Å². The summed E-state index contributed by atoms with van der Waals surface area (Å²) in [5, 5.41) is 11.0. The summed E-state index contributed by atoms with van der Waals surface area (Å²) in [5.74, 6) is 0.995. The molecule has 0 spiro atoms. The minimum Gasteiger partial charge on any atom is -0.370 e.